The first-order chi connectivity index (χ1) is 10.0. The Balaban J connectivity index is 2.31. The highest BCUT2D eigenvalue weighted by molar-refractivity contribution is 7.92. The van der Waals surface area contributed by atoms with Crippen LogP contribution in [0.25, 0.3) is 0 Å². The molecule has 108 valence electrons. The molecule has 0 aliphatic carbocycles. The number of hydrogen-bond donors (Lipinski definition) is 2. The van der Waals surface area contributed by atoms with E-state index in [2.05, 4.69) is 16.6 Å². The highest BCUT2D eigenvalue weighted by Gasteiger charge is 2.14. The van der Waals surface area contributed by atoms with Crippen LogP contribution in [0.1, 0.15) is 11.1 Å². The summed E-state index contributed by atoms with van der Waals surface area (Å²) in [5.41, 5.74) is 2.02. The van der Waals surface area contributed by atoms with Crippen LogP contribution in [0.3, 0.4) is 0 Å². The molecule has 0 aliphatic heterocycles. The summed E-state index contributed by atoms with van der Waals surface area (Å²) in [5, 5.41) is 8.67. The number of aryl methyl sites for hydroxylation is 1. The minimum absolute atomic E-state index is 0.133. The molecular weight excluding hydrogens is 286 g/mol. The van der Waals surface area contributed by atoms with Gasteiger partial charge < -0.3 is 5.11 Å². The van der Waals surface area contributed by atoms with Gasteiger partial charge in [-0.1, -0.05) is 30.0 Å². The van der Waals surface area contributed by atoms with Crippen LogP contribution in [-0.2, 0) is 10.0 Å². The molecule has 21 heavy (non-hydrogen) atoms. The molecule has 0 amide bonds. The Morgan fingerprint density at radius 3 is 2.62 bits per heavy atom. The van der Waals surface area contributed by atoms with Crippen molar-refractivity contribution in [2.75, 3.05) is 11.3 Å². The van der Waals surface area contributed by atoms with Crippen LogP contribution in [0.4, 0.5) is 5.69 Å². The summed E-state index contributed by atoms with van der Waals surface area (Å²) >= 11 is 0. The zero-order chi connectivity index (χ0) is 15.3. The first kappa shape index (κ1) is 15.1. The van der Waals surface area contributed by atoms with Crippen molar-refractivity contribution in [3.05, 3.63) is 59.7 Å². The molecule has 0 aromatic heterocycles. The number of aliphatic hydroxyl groups excluding tert-OH is 1. The Labute approximate surface area is 124 Å². The fraction of sp³-hybridized carbons (Fsp3) is 0.125. The van der Waals surface area contributed by atoms with Crippen LogP contribution >= 0.6 is 0 Å². The summed E-state index contributed by atoms with van der Waals surface area (Å²) in [6.07, 6.45) is 0. The Bertz CT molecular complexity index is 802. The minimum atomic E-state index is -3.66. The van der Waals surface area contributed by atoms with Crippen molar-refractivity contribution in [1.82, 2.24) is 0 Å². The number of rotatable bonds is 3. The maximum atomic E-state index is 12.3. The number of sulfonamides is 1. The summed E-state index contributed by atoms with van der Waals surface area (Å²) in [6.45, 7) is 1.63. The third-order valence-corrected chi connectivity index (χ3v) is 4.11. The zero-order valence-electron chi connectivity index (χ0n) is 11.5. The van der Waals surface area contributed by atoms with Gasteiger partial charge in [0.25, 0.3) is 10.0 Å². The monoisotopic (exact) mass is 301 g/mol. The fourth-order valence-electron chi connectivity index (χ4n) is 1.81. The topological polar surface area (TPSA) is 66.4 Å². The van der Waals surface area contributed by atoms with Gasteiger partial charge in [-0.15, -0.1) is 0 Å². The number of aliphatic hydroxyl groups is 1. The first-order valence-electron chi connectivity index (χ1n) is 6.30. The molecule has 2 aromatic rings. The van der Waals surface area contributed by atoms with E-state index in [1.54, 1.807) is 30.3 Å². The van der Waals surface area contributed by atoms with Crippen molar-refractivity contribution >= 4 is 15.7 Å². The van der Waals surface area contributed by atoms with Crippen LogP contribution in [0.2, 0.25) is 0 Å². The molecule has 0 unspecified atom stereocenters. The minimum Gasteiger partial charge on any atom is -0.384 e. The lowest BCUT2D eigenvalue weighted by molar-refractivity contribution is 0.350. The maximum absolute atomic E-state index is 12.3. The van der Waals surface area contributed by atoms with Gasteiger partial charge in [0, 0.05) is 11.3 Å². The average Bonchev–Trinajstić information content (AvgIpc) is 2.45. The Morgan fingerprint density at radius 2 is 1.90 bits per heavy atom. The molecule has 2 rings (SSSR count). The van der Waals surface area contributed by atoms with Crippen LogP contribution in [-0.4, -0.2) is 20.1 Å². The SMILES string of the molecule is Cc1cccc(NS(=O)(=O)c2cccc(C#CCO)c2)c1. The molecule has 0 bridgehead atoms. The average molecular weight is 301 g/mol. The first-order valence-corrected chi connectivity index (χ1v) is 7.79. The van der Waals surface area contributed by atoms with E-state index in [1.807, 2.05) is 13.0 Å². The molecule has 0 spiro atoms. The largest absolute Gasteiger partial charge is 0.384 e. The van der Waals surface area contributed by atoms with Crippen LogP contribution in [0.15, 0.2) is 53.4 Å². The lowest BCUT2D eigenvalue weighted by atomic mass is 10.2. The second-order valence-electron chi connectivity index (χ2n) is 4.46. The molecule has 0 saturated carbocycles. The Hall–Kier alpha value is -2.29. The number of nitrogens with one attached hydrogen (secondary N) is 1. The molecular formula is C16H15NO3S. The van der Waals surface area contributed by atoms with Gasteiger partial charge in [0.2, 0.25) is 0 Å². The van der Waals surface area contributed by atoms with E-state index < -0.39 is 10.0 Å². The van der Waals surface area contributed by atoms with Gasteiger partial charge in [-0.25, -0.2) is 8.42 Å². The Kier molecular flexibility index (Phi) is 4.63. The molecule has 0 heterocycles. The van der Waals surface area contributed by atoms with Crippen molar-refractivity contribution < 1.29 is 13.5 Å². The molecule has 5 heteroatoms. The smallest absolute Gasteiger partial charge is 0.261 e. The molecule has 0 saturated heterocycles. The van der Waals surface area contributed by atoms with Crippen molar-refractivity contribution in [2.24, 2.45) is 0 Å². The third kappa shape index (κ3) is 4.09. The molecule has 0 fully saturated rings. The van der Waals surface area contributed by atoms with E-state index >= 15 is 0 Å². The summed E-state index contributed by atoms with van der Waals surface area (Å²) in [5.74, 6) is 5.18. The van der Waals surface area contributed by atoms with Gasteiger partial charge in [-0.05, 0) is 42.8 Å². The highest BCUT2D eigenvalue weighted by atomic mass is 32.2. The van der Waals surface area contributed by atoms with E-state index in [0.29, 0.717) is 11.3 Å². The molecule has 4 nitrogen and oxygen atoms in total. The zero-order valence-corrected chi connectivity index (χ0v) is 12.3. The summed E-state index contributed by atoms with van der Waals surface area (Å²) in [6, 6.07) is 13.4. The molecule has 0 aliphatic rings. The standard InChI is InChI=1S/C16H15NO3S/c1-13-5-2-8-15(11-13)17-21(19,20)16-9-3-6-14(12-16)7-4-10-18/h2-3,5-6,8-9,11-12,17-18H,10H2,1H3. The van der Waals surface area contributed by atoms with Crippen molar-refractivity contribution in [3.63, 3.8) is 0 Å². The van der Waals surface area contributed by atoms with E-state index in [4.69, 9.17) is 5.11 Å². The second-order valence-corrected chi connectivity index (χ2v) is 6.15. The Morgan fingerprint density at radius 1 is 1.14 bits per heavy atom. The van der Waals surface area contributed by atoms with E-state index in [1.165, 1.54) is 12.1 Å². The highest BCUT2D eigenvalue weighted by Crippen LogP contribution is 2.17. The summed E-state index contributed by atoms with van der Waals surface area (Å²) < 4.78 is 27.2. The molecule has 0 atom stereocenters. The number of anilines is 1. The normalized spacial score (nSPS) is 10.6. The number of benzene rings is 2. The second kappa shape index (κ2) is 6.44. The fourth-order valence-corrected chi connectivity index (χ4v) is 2.90. The van der Waals surface area contributed by atoms with E-state index in [9.17, 15) is 8.42 Å². The summed E-state index contributed by atoms with van der Waals surface area (Å²) in [7, 11) is -3.66. The van der Waals surface area contributed by atoms with Gasteiger partial charge in [-0.3, -0.25) is 4.72 Å². The van der Waals surface area contributed by atoms with Crippen molar-refractivity contribution in [2.45, 2.75) is 11.8 Å². The lowest BCUT2D eigenvalue weighted by Crippen LogP contribution is -2.13. The lowest BCUT2D eigenvalue weighted by Gasteiger charge is -2.09. The molecule has 2 aromatic carbocycles. The molecule has 2 N–H and O–H groups in total. The van der Waals surface area contributed by atoms with Crippen molar-refractivity contribution in [1.29, 1.82) is 0 Å². The predicted molar refractivity (Wildman–Crippen MR) is 82.4 cm³/mol. The van der Waals surface area contributed by atoms with E-state index in [-0.39, 0.29) is 11.5 Å². The van der Waals surface area contributed by atoms with Crippen LogP contribution in [0.5, 0.6) is 0 Å². The van der Waals surface area contributed by atoms with Gasteiger partial charge >= 0.3 is 0 Å². The van der Waals surface area contributed by atoms with Crippen molar-refractivity contribution in [3.8, 4) is 11.8 Å². The predicted octanol–water partition coefficient (Wildman–Crippen LogP) is 2.14. The van der Waals surface area contributed by atoms with Gasteiger partial charge in [-0.2, -0.15) is 0 Å². The van der Waals surface area contributed by atoms with Crippen LogP contribution < -0.4 is 4.72 Å². The summed E-state index contributed by atoms with van der Waals surface area (Å²) in [4.78, 5) is 0.133. The maximum Gasteiger partial charge on any atom is 0.261 e. The third-order valence-electron chi connectivity index (χ3n) is 2.73. The van der Waals surface area contributed by atoms with E-state index in [0.717, 1.165) is 5.56 Å². The van der Waals surface area contributed by atoms with Gasteiger partial charge in [0.1, 0.15) is 6.61 Å². The number of hydrogen-bond acceptors (Lipinski definition) is 3. The quantitative estimate of drug-likeness (QED) is 0.854. The van der Waals surface area contributed by atoms with Gasteiger partial charge in [0.15, 0.2) is 0 Å². The molecule has 0 radical (unpaired) electrons. The van der Waals surface area contributed by atoms with Gasteiger partial charge in [0.05, 0.1) is 4.90 Å². The van der Waals surface area contributed by atoms with Crippen LogP contribution in [0, 0.1) is 18.8 Å².